The fraction of sp³-hybridized carbons (Fsp3) is 0.471. The maximum Gasteiger partial charge on any atom is 0.290 e. The lowest BCUT2D eigenvalue weighted by Crippen LogP contribution is -2.09. The van der Waals surface area contributed by atoms with Gasteiger partial charge in [0.1, 0.15) is 11.6 Å². The van der Waals surface area contributed by atoms with Gasteiger partial charge >= 0.3 is 0 Å². The molecule has 1 unspecified atom stereocenters. The number of ether oxygens (including phenoxy) is 1. The Bertz CT molecular complexity index is 598. The van der Waals surface area contributed by atoms with Crippen LogP contribution in [0.2, 0.25) is 0 Å². The molecule has 6 heteroatoms. The molecule has 0 saturated carbocycles. The molecule has 0 spiro atoms. The Morgan fingerprint density at radius 1 is 1.30 bits per heavy atom. The Kier molecular flexibility index (Phi) is 6.75. The van der Waals surface area contributed by atoms with Crippen molar-refractivity contribution in [3.05, 3.63) is 47.5 Å². The maximum absolute atomic E-state index is 8.36. The number of carbonyl (C=O) groups is 1. The third-order valence-electron chi connectivity index (χ3n) is 4.12. The van der Waals surface area contributed by atoms with Crippen molar-refractivity contribution in [3.63, 3.8) is 0 Å². The summed E-state index contributed by atoms with van der Waals surface area (Å²) in [6.07, 6.45) is 4.18. The summed E-state index contributed by atoms with van der Waals surface area (Å²) < 4.78 is 7.44. The zero-order chi connectivity index (χ0) is 16.5. The van der Waals surface area contributed by atoms with Crippen LogP contribution >= 0.6 is 0 Å². The molecule has 0 radical (unpaired) electrons. The van der Waals surface area contributed by atoms with Crippen molar-refractivity contribution in [1.29, 1.82) is 0 Å². The van der Waals surface area contributed by atoms with E-state index in [1.165, 1.54) is 5.56 Å². The van der Waals surface area contributed by atoms with Gasteiger partial charge in [-0.05, 0) is 24.3 Å². The van der Waals surface area contributed by atoms with Crippen LogP contribution in [0.3, 0.4) is 0 Å². The lowest BCUT2D eigenvalue weighted by atomic mass is 9.92. The molecule has 124 valence electrons. The summed E-state index contributed by atoms with van der Waals surface area (Å²) in [5, 5.41) is 15.6. The molecule has 0 aliphatic carbocycles. The number of aryl methyl sites for hydroxylation is 1. The van der Waals surface area contributed by atoms with E-state index in [-0.39, 0.29) is 6.47 Å². The van der Waals surface area contributed by atoms with Gasteiger partial charge in [0, 0.05) is 26.5 Å². The topological polar surface area (TPSA) is 77.2 Å². The fourth-order valence-corrected chi connectivity index (χ4v) is 2.98. The highest BCUT2D eigenvalue weighted by molar-refractivity contribution is 5.32. The van der Waals surface area contributed by atoms with E-state index in [0.29, 0.717) is 12.5 Å². The number of nitrogens with zero attached hydrogens (tertiary/aromatic N) is 3. The highest BCUT2D eigenvalue weighted by Crippen LogP contribution is 2.28. The highest BCUT2D eigenvalue weighted by atomic mass is 16.5. The Morgan fingerprint density at radius 3 is 2.74 bits per heavy atom. The molecule has 1 aliphatic rings. The molecule has 0 fully saturated rings. The number of hydrogen-bond donors (Lipinski definition) is 1. The van der Waals surface area contributed by atoms with Crippen LogP contribution in [-0.2, 0) is 28.9 Å². The van der Waals surface area contributed by atoms with E-state index in [4.69, 9.17) is 14.6 Å². The number of carboxylic acid groups (broad SMARTS) is 1. The average molecular weight is 317 g/mol. The first-order chi connectivity index (χ1) is 11.3. The van der Waals surface area contributed by atoms with Crippen LogP contribution in [0.4, 0.5) is 0 Å². The SMILES string of the molecule is COCCc1nnc2n1CCC(c1ccccc1)CC2.O=CO. The van der Waals surface area contributed by atoms with Crippen molar-refractivity contribution in [2.24, 2.45) is 0 Å². The van der Waals surface area contributed by atoms with Crippen LogP contribution in [0.1, 0.15) is 36.0 Å². The second kappa shape index (κ2) is 9.05. The molecule has 2 heterocycles. The highest BCUT2D eigenvalue weighted by Gasteiger charge is 2.20. The predicted octanol–water partition coefficient (Wildman–Crippen LogP) is 2.29. The molecule has 0 amide bonds. The minimum Gasteiger partial charge on any atom is -0.483 e. The average Bonchev–Trinajstić information content (AvgIpc) is 2.84. The molecular formula is C17H23N3O3. The number of methoxy groups -OCH3 is 1. The molecular weight excluding hydrogens is 294 g/mol. The normalized spacial score (nSPS) is 16.7. The minimum absolute atomic E-state index is 0.250. The summed E-state index contributed by atoms with van der Waals surface area (Å²) in [5.41, 5.74) is 1.45. The molecule has 1 atom stereocenters. The standard InChI is InChI=1S/C16H21N3O.CH2O2/c1-20-12-10-16-18-17-15-8-7-14(9-11-19(15)16)13-5-3-2-4-6-13;2-1-3/h2-6,14H,7-12H2,1H3;1H,(H,2,3). The van der Waals surface area contributed by atoms with Crippen molar-refractivity contribution in [2.75, 3.05) is 13.7 Å². The summed E-state index contributed by atoms with van der Waals surface area (Å²) in [6, 6.07) is 10.8. The Labute approximate surface area is 136 Å². The van der Waals surface area contributed by atoms with Crippen LogP contribution in [0, 0.1) is 0 Å². The summed E-state index contributed by atoms with van der Waals surface area (Å²) in [4.78, 5) is 8.36. The second-order valence-electron chi connectivity index (χ2n) is 5.47. The molecule has 1 aliphatic heterocycles. The third-order valence-corrected chi connectivity index (χ3v) is 4.12. The molecule has 1 N–H and O–H groups in total. The molecule has 3 rings (SSSR count). The van der Waals surface area contributed by atoms with Crippen molar-refractivity contribution in [1.82, 2.24) is 14.8 Å². The number of aromatic nitrogens is 3. The van der Waals surface area contributed by atoms with E-state index in [1.807, 2.05) is 0 Å². The van der Waals surface area contributed by atoms with Gasteiger partial charge in [0.2, 0.25) is 0 Å². The van der Waals surface area contributed by atoms with Crippen LogP contribution in [0.15, 0.2) is 30.3 Å². The van der Waals surface area contributed by atoms with E-state index in [0.717, 1.165) is 43.9 Å². The van der Waals surface area contributed by atoms with Gasteiger partial charge < -0.3 is 14.4 Å². The van der Waals surface area contributed by atoms with E-state index >= 15 is 0 Å². The maximum atomic E-state index is 8.36. The summed E-state index contributed by atoms with van der Waals surface area (Å²) >= 11 is 0. The van der Waals surface area contributed by atoms with Crippen molar-refractivity contribution >= 4 is 6.47 Å². The van der Waals surface area contributed by atoms with E-state index in [1.54, 1.807) is 7.11 Å². The summed E-state index contributed by atoms with van der Waals surface area (Å²) in [6.45, 7) is 1.47. The number of hydrogen-bond acceptors (Lipinski definition) is 4. The monoisotopic (exact) mass is 317 g/mol. The van der Waals surface area contributed by atoms with Gasteiger partial charge in [-0.3, -0.25) is 4.79 Å². The Hall–Kier alpha value is -2.21. The summed E-state index contributed by atoms with van der Waals surface area (Å²) in [7, 11) is 1.73. The van der Waals surface area contributed by atoms with Gasteiger partial charge in [0.15, 0.2) is 0 Å². The van der Waals surface area contributed by atoms with Crippen LogP contribution in [0.25, 0.3) is 0 Å². The van der Waals surface area contributed by atoms with E-state index < -0.39 is 0 Å². The van der Waals surface area contributed by atoms with Crippen LogP contribution in [0.5, 0.6) is 0 Å². The molecule has 0 bridgehead atoms. The van der Waals surface area contributed by atoms with Crippen molar-refractivity contribution in [2.45, 2.75) is 38.1 Å². The number of benzene rings is 1. The predicted molar refractivity (Wildman–Crippen MR) is 86.4 cm³/mol. The third kappa shape index (κ3) is 4.63. The first-order valence-corrected chi connectivity index (χ1v) is 7.82. The molecule has 1 aromatic heterocycles. The first-order valence-electron chi connectivity index (χ1n) is 7.82. The number of rotatable bonds is 4. The first kappa shape index (κ1) is 17.1. The Balaban J connectivity index is 0.000000595. The fourth-order valence-electron chi connectivity index (χ4n) is 2.98. The van der Waals surface area contributed by atoms with Gasteiger partial charge in [-0.25, -0.2) is 0 Å². The molecule has 1 aromatic carbocycles. The molecule has 2 aromatic rings. The zero-order valence-electron chi connectivity index (χ0n) is 13.4. The van der Waals surface area contributed by atoms with Gasteiger partial charge in [-0.15, -0.1) is 10.2 Å². The lowest BCUT2D eigenvalue weighted by molar-refractivity contribution is -0.122. The van der Waals surface area contributed by atoms with E-state index in [9.17, 15) is 0 Å². The van der Waals surface area contributed by atoms with Crippen molar-refractivity contribution in [3.8, 4) is 0 Å². The minimum atomic E-state index is -0.250. The van der Waals surface area contributed by atoms with Crippen molar-refractivity contribution < 1.29 is 14.6 Å². The quantitative estimate of drug-likeness (QED) is 0.876. The summed E-state index contributed by atoms with van der Waals surface area (Å²) in [5.74, 6) is 2.83. The molecule has 0 saturated heterocycles. The van der Waals surface area contributed by atoms with Gasteiger partial charge in [-0.2, -0.15) is 0 Å². The van der Waals surface area contributed by atoms with E-state index in [2.05, 4.69) is 45.1 Å². The van der Waals surface area contributed by atoms with Gasteiger partial charge in [0.05, 0.1) is 6.61 Å². The zero-order valence-corrected chi connectivity index (χ0v) is 13.4. The molecule has 23 heavy (non-hydrogen) atoms. The van der Waals surface area contributed by atoms with Crippen LogP contribution < -0.4 is 0 Å². The molecule has 6 nitrogen and oxygen atoms in total. The van der Waals surface area contributed by atoms with Gasteiger partial charge in [0.25, 0.3) is 6.47 Å². The van der Waals surface area contributed by atoms with Crippen LogP contribution in [-0.4, -0.2) is 40.1 Å². The smallest absolute Gasteiger partial charge is 0.290 e. The second-order valence-corrected chi connectivity index (χ2v) is 5.47. The Morgan fingerprint density at radius 2 is 2.04 bits per heavy atom. The van der Waals surface area contributed by atoms with Gasteiger partial charge in [-0.1, -0.05) is 30.3 Å². The number of fused-ring (bicyclic) bond motifs is 1. The largest absolute Gasteiger partial charge is 0.483 e. The lowest BCUT2D eigenvalue weighted by Gasteiger charge is -2.14.